The van der Waals surface area contributed by atoms with E-state index >= 15 is 0 Å². The SMILES string of the molecule is CNCc1ccc(OCC(=O)NC2CCCC2)c(OC)c1. The Hall–Kier alpha value is -1.75. The molecule has 1 aromatic carbocycles. The summed E-state index contributed by atoms with van der Waals surface area (Å²) in [5.41, 5.74) is 1.11. The van der Waals surface area contributed by atoms with Crippen molar-refractivity contribution in [2.45, 2.75) is 38.3 Å². The van der Waals surface area contributed by atoms with Gasteiger partial charge in [0.2, 0.25) is 0 Å². The zero-order chi connectivity index (χ0) is 15.1. The number of hydrogen-bond donors (Lipinski definition) is 2. The molecule has 21 heavy (non-hydrogen) atoms. The van der Waals surface area contributed by atoms with Gasteiger partial charge in [-0.1, -0.05) is 18.9 Å². The first-order chi connectivity index (χ1) is 10.2. The quantitative estimate of drug-likeness (QED) is 0.805. The maximum atomic E-state index is 11.9. The number of hydrogen-bond acceptors (Lipinski definition) is 4. The van der Waals surface area contributed by atoms with E-state index in [2.05, 4.69) is 10.6 Å². The molecule has 1 saturated carbocycles. The number of amides is 1. The van der Waals surface area contributed by atoms with Gasteiger partial charge in [0, 0.05) is 12.6 Å². The van der Waals surface area contributed by atoms with Gasteiger partial charge in [0.15, 0.2) is 18.1 Å². The summed E-state index contributed by atoms with van der Waals surface area (Å²) in [6, 6.07) is 6.04. The molecule has 1 aliphatic rings. The third kappa shape index (κ3) is 4.63. The van der Waals surface area contributed by atoms with Gasteiger partial charge in [0.1, 0.15) is 0 Å². The van der Waals surface area contributed by atoms with Gasteiger partial charge >= 0.3 is 0 Å². The number of rotatable bonds is 7. The van der Waals surface area contributed by atoms with Crippen molar-refractivity contribution in [3.05, 3.63) is 23.8 Å². The summed E-state index contributed by atoms with van der Waals surface area (Å²) in [7, 11) is 3.49. The Bertz CT molecular complexity index is 471. The topological polar surface area (TPSA) is 59.6 Å². The molecule has 2 rings (SSSR count). The Morgan fingerprint density at radius 2 is 2.05 bits per heavy atom. The zero-order valence-electron chi connectivity index (χ0n) is 12.8. The van der Waals surface area contributed by atoms with Gasteiger partial charge in [-0.15, -0.1) is 0 Å². The first kappa shape index (κ1) is 15.6. The van der Waals surface area contributed by atoms with Crippen molar-refractivity contribution in [1.82, 2.24) is 10.6 Å². The first-order valence-corrected chi connectivity index (χ1v) is 7.46. The monoisotopic (exact) mass is 292 g/mol. The van der Waals surface area contributed by atoms with Crippen LogP contribution >= 0.6 is 0 Å². The standard InChI is InChI=1S/C16H24N2O3/c1-17-10-12-7-8-14(15(9-12)20-2)21-11-16(19)18-13-5-3-4-6-13/h7-9,13,17H,3-6,10-11H2,1-2H3,(H,18,19). The molecule has 0 heterocycles. The fraction of sp³-hybridized carbons (Fsp3) is 0.562. The molecule has 1 fully saturated rings. The van der Waals surface area contributed by atoms with Crippen molar-refractivity contribution in [2.24, 2.45) is 0 Å². The molecule has 5 nitrogen and oxygen atoms in total. The van der Waals surface area contributed by atoms with E-state index in [1.54, 1.807) is 7.11 Å². The van der Waals surface area contributed by atoms with Crippen LogP contribution in [0.4, 0.5) is 0 Å². The van der Waals surface area contributed by atoms with Gasteiger partial charge in [-0.25, -0.2) is 0 Å². The zero-order valence-corrected chi connectivity index (χ0v) is 12.8. The second-order valence-corrected chi connectivity index (χ2v) is 5.35. The van der Waals surface area contributed by atoms with Crippen LogP contribution < -0.4 is 20.1 Å². The highest BCUT2D eigenvalue weighted by Gasteiger charge is 2.17. The molecule has 0 aliphatic heterocycles. The number of methoxy groups -OCH3 is 1. The lowest BCUT2D eigenvalue weighted by Crippen LogP contribution is -2.36. The summed E-state index contributed by atoms with van der Waals surface area (Å²) in [4.78, 5) is 11.9. The predicted molar refractivity (Wildman–Crippen MR) is 81.7 cm³/mol. The van der Waals surface area contributed by atoms with Gasteiger partial charge in [-0.05, 0) is 37.6 Å². The van der Waals surface area contributed by atoms with Crippen LogP contribution in [-0.2, 0) is 11.3 Å². The summed E-state index contributed by atoms with van der Waals surface area (Å²) in [6.45, 7) is 0.789. The lowest BCUT2D eigenvalue weighted by molar-refractivity contribution is -0.123. The van der Waals surface area contributed by atoms with E-state index in [1.807, 2.05) is 25.2 Å². The average molecular weight is 292 g/mol. The molecule has 2 N–H and O–H groups in total. The van der Waals surface area contributed by atoms with Crippen molar-refractivity contribution < 1.29 is 14.3 Å². The fourth-order valence-corrected chi connectivity index (χ4v) is 2.63. The lowest BCUT2D eigenvalue weighted by atomic mass is 10.2. The van der Waals surface area contributed by atoms with Gasteiger partial charge in [-0.2, -0.15) is 0 Å². The van der Waals surface area contributed by atoms with Crippen LogP contribution in [0.5, 0.6) is 11.5 Å². The summed E-state index contributed by atoms with van der Waals surface area (Å²) >= 11 is 0. The Morgan fingerprint density at radius 1 is 1.29 bits per heavy atom. The highest BCUT2D eigenvalue weighted by molar-refractivity contribution is 5.78. The van der Waals surface area contributed by atoms with Crippen LogP contribution in [0.15, 0.2) is 18.2 Å². The molecule has 0 unspecified atom stereocenters. The van der Waals surface area contributed by atoms with E-state index in [1.165, 1.54) is 12.8 Å². The van der Waals surface area contributed by atoms with Crippen molar-refractivity contribution >= 4 is 5.91 Å². The summed E-state index contributed by atoms with van der Waals surface area (Å²) < 4.78 is 10.9. The van der Waals surface area contributed by atoms with E-state index in [-0.39, 0.29) is 12.5 Å². The lowest BCUT2D eigenvalue weighted by Gasteiger charge is -2.14. The minimum absolute atomic E-state index is 0.0260. The highest BCUT2D eigenvalue weighted by Crippen LogP contribution is 2.28. The van der Waals surface area contributed by atoms with Gasteiger partial charge < -0.3 is 20.1 Å². The van der Waals surface area contributed by atoms with Crippen molar-refractivity contribution in [3.8, 4) is 11.5 Å². The summed E-state index contributed by atoms with van der Waals surface area (Å²) in [5, 5.41) is 6.09. The van der Waals surface area contributed by atoms with Crippen LogP contribution in [0.2, 0.25) is 0 Å². The number of nitrogens with one attached hydrogen (secondary N) is 2. The van der Waals surface area contributed by atoms with E-state index < -0.39 is 0 Å². The molecule has 0 spiro atoms. The molecule has 0 radical (unpaired) electrons. The minimum atomic E-state index is -0.0664. The molecule has 0 aromatic heterocycles. The number of benzene rings is 1. The van der Waals surface area contributed by atoms with E-state index in [4.69, 9.17) is 9.47 Å². The van der Waals surface area contributed by atoms with Crippen molar-refractivity contribution in [1.29, 1.82) is 0 Å². The van der Waals surface area contributed by atoms with Crippen LogP contribution in [-0.4, -0.2) is 32.7 Å². The normalized spacial score (nSPS) is 15.0. The maximum absolute atomic E-state index is 11.9. The molecule has 0 saturated heterocycles. The highest BCUT2D eigenvalue weighted by atomic mass is 16.5. The van der Waals surface area contributed by atoms with E-state index in [0.717, 1.165) is 24.9 Å². The fourth-order valence-electron chi connectivity index (χ4n) is 2.63. The van der Waals surface area contributed by atoms with E-state index in [9.17, 15) is 4.79 Å². The Balaban J connectivity index is 1.87. The summed E-state index contributed by atoms with van der Waals surface area (Å²) in [6.07, 6.45) is 4.56. The molecular weight excluding hydrogens is 268 g/mol. The average Bonchev–Trinajstić information content (AvgIpc) is 2.99. The third-order valence-corrected chi connectivity index (χ3v) is 3.69. The van der Waals surface area contributed by atoms with Crippen LogP contribution in [0, 0.1) is 0 Å². The third-order valence-electron chi connectivity index (χ3n) is 3.69. The second-order valence-electron chi connectivity index (χ2n) is 5.35. The Kier molecular flexibility index (Phi) is 5.87. The molecular formula is C16H24N2O3. The smallest absolute Gasteiger partial charge is 0.258 e. The molecule has 116 valence electrons. The van der Waals surface area contributed by atoms with Crippen molar-refractivity contribution in [2.75, 3.05) is 20.8 Å². The number of carbonyl (C=O) groups is 1. The summed E-state index contributed by atoms with van der Waals surface area (Å²) in [5.74, 6) is 1.18. The maximum Gasteiger partial charge on any atom is 0.258 e. The van der Waals surface area contributed by atoms with Crippen LogP contribution in [0.25, 0.3) is 0 Å². The first-order valence-electron chi connectivity index (χ1n) is 7.46. The molecule has 1 aliphatic carbocycles. The van der Waals surface area contributed by atoms with Gasteiger partial charge in [0.25, 0.3) is 5.91 Å². The molecule has 0 bridgehead atoms. The molecule has 1 aromatic rings. The Labute approximate surface area is 126 Å². The number of ether oxygens (including phenoxy) is 2. The molecule has 5 heteroatoms. The van der Waals surface area contributed by atoms with E-state index in [0.29, 0.717) is 17.5 Å². The van der Waals surface area contributed by atoms with Crippen LogP contribution in [0.3, 0.4) is 0 Å². The Morgan fingerprint density at radius 3 is 2.71 bits per heavy atom. The largest absolute Gasteiger partial charge is 0.493 e. The van der Waals surface area contributed by atoms with Crippen molar-refractivity contribution in [3.63, 3.8) is 0 Å². The van der Waals surface area contributed by atoms with Gasteiger partial charge in [0.05, 0.1) is 7.11 Å². The van der Waals surface area contributed by atoms with Crippen LogP contribution in [0.1, 0.15) is 31.2 Å². The van der Waals surface area contributed by atoms with Gasteiger partial charge in [-0.3, -0.25) is 4.79 Å². The predicted octanol–water partition coefficient (Wildman–Crippen LogP) is 1.85. The molecule has 1 amide bonds. The number of carbonyl (C=O) groups excluding carboxylic acids is 1. The second kappa shape index (κ2) is 7.88. The minimum Gasteiger partial charge on any atom is -0.493 e. The molecule has 0 atom stereocenters.